The van der Waals surface area contributed by atoms with E-state index in [0.717, 1.165) is 12.5 Å². The van der Waals surface area contributed by atoms with Crippen molar-refractivity contribution in [3.05, 3.63) is 0 Å². The Hall–Kier alpha value is -0.0400. The van der Waals surface area contributed by atoms with Crippen molar-refractivity contribution in [1.82, 2.24) is 5.32 Å². The molecule has 0 aliphatic heterocycles. The highest BCUT2D eigenvalue weighted by molar-refractivity contribution is 4.51. The minimum Gasteiger partial charge on any atom is -0.319 e. The Balaban J connectivity index is 0. The van der Waals surface area contributed by atoms with Gasteiger partial charge in [-0.1, -0.05) is 59.8 Å². The predicted octanol–water partition coefficient (Wildman–Crippen LogP) is 3.84. The second-order valence-electron chi connectivity index (χ2n) is 3.72. The van der Waals surface area contributed by atoms with E-state index in [0.29, 0.717) is 0 Å². The van der Waals surface area contributed by atoms with Crippen LogP contribution in [0.4, 0.5) is 0 Å². The molecule has 1 fully saturated rings. The van der Waals surface area contributed by atoms with Crippen LogP contribution in [0.15, 0.2) is 0 Å². The molecule has 13 heavy (non-hydrogen) atoms. The van der Waals surface area contributed by atoms with Gasteiger partial charge in [-0.3, -0.25) is 0 Å². The summed E-state index contributed by atoms with van der Waals surface area (Å²) in [5.74, 6) is 0.787. The first-order valence-corrected chi connectivity index (χ1v) is 5.92. The molecule has 0 spiro atoms. The summed E-state index contributed by atoms with van der Waals surface area (Å²) in [5.41, 5.74) is 0. The van der Waals surface area contributed by atoms with Gasteiger partial charge in [0.2, 0.25) is 0 Å². The topological polar surface area (TPSA) is 12.0 Å². The normalized spacial score (nSPS) is 14.3. The minimum atomic E-state index is 0.787. The zero-order valence-electron chi connectivity index (χ0n) is 10.3. The third-order valence-corrected chi connectivity index (χ3v) is 1.86. The van der Waals surface area contributed by atoms with Crippen molar-refractivity contribution < 1.29 is 0 Å². The van der Waals surface area contributed by atoms with Crippen LogP contribution in [0.1, 0.15) is 59.8 Å². The van der Waals surface area contributed by atoms with Crippen molar-refractivity contribution in [3.63, 3.8) is 0 Å². The van der Waals surface area contributed by atoms with Gasteiger partial charge in [0.15, 0.2) is 0 Å². The number of hydrogen-bond acceptors (Lipinski definition) is 1. The maximum atomic E-state index is 3.07. The molecule has 1 aliphatic rings. The number of nitrogens with one attached hydrogen (secondary N) is 1. The highest BCUT2D eigenvalue weighted by atomic mass is 14.8. The molecule has 82 valence electrons. The molecule has 0 heterocycles. The van der Waals surface area contributed by atoms with Crippen LogP contribution >= 0.6 is 0 Å². The Morgan fingerprint density at radius 3 is 1.31 bits per heavy atom. The van der Waals surface area contributed by atoms with Gasteiger partial charge in [0, 0.05) is 0 Å². The fourth-order valence-corrected chi connectivity index (χ4v) is 1.29. The van der Waals surface area contributed by atoms with Crippen molar-refractivity contribution in [1.29, 1.82) is 0 Å². The molecule has 0 saturated heterocycles. The van der Waals surface area contributed by atoms with Crippen LogP contribution in [0.5, 0.6) is 0 Å². The number of rotatable bonds is 2. The molecule has 1 saturated carbocycles. The zero-order valence-corrected chi connectivity index (χ0v) is 10.3. The molecule has 0 aromatic rings. The first-order valence-electron chi connectivity index (χ1n) is 5.92. The molecule has 0 atom stereocenters. The highest BCUT2D eigenvalue weighted by Crippen LogP contribution is 2.15. The summed E-state index contributed by atoms with van der Waals surface area (Å²) in [6.45, 7) is 9.51. The molecule has 0 bridgehead atoms. The quantitative estimate of drug-likeness (QED) is 0.692. The van der Waals surface area contributed by atoms with E-state index >= 15 is 0 Å². The van der Waals surface area contributed by atoms with Crippen LogP contribution in [-0.4, -0.2) is 13.6 Å². The van der Waals surface area contributed by atoms with E-state index in [1.807, 2.05) is 20.9 Å². The smallest absolute Gasteiger partial charge is 0.00288 e. The Morgan fingerprint density at radius 2 is 1.23 bits per heavy atom. The molecule has 0 unspecified atom stereocenters. The molecular weight excluding hydrogens is 158 g/mol. The van der Waals surface area contributed by atoms with Gasteiger partial charge in [0.25, 0.3) is 0 Å². The maximum absolute atomic E-state index is 3.07. The Kier molecular flexibility index (Phi) is 17.2. The lowest BCUT2D eigenvalue weighted by Crippen LogP contribution is -2.12. The average molecular weight is 187 g/mol. The largest absolute Gasteiger partial charge is 0.319 e. The van der Waals surface area contributed by atoms with Gasteiger partial charge in [-0.15, -0.1) is 0 Å². The van der Waals surface area contributed by atoms with Crippen molar-refractivity contribution in [2.24, 2.45) is 5.92 Å². The second-order valence-corrected chi connectivity index (χ2v) is 3.72. The molecule has 0 amide bonds. The van der Waals surface area contributed by atoms with Crippen molar-refractivity contribution in [2.45, 2.75) is 59.8 Å². The third-order valence-electron chi connectivity index (χ3n) is 1.86. The molecule has 1 aliphatic carbocycles. The van der Waals surface area contributed by atoms with E-state index < -0.39 is 0 Å². The zero-order chi connectivity index (χ0) is 10.5. The summed E-state index contributed by atoms with van der Waals surface area (Å²) < 4.78 is 0. The highest BCUT2D eigenvalue weighted by Gasteiger charge is 1.95. The van der Waals surface area contributed by atoms with Crippen molar-refractivity contribution in [3.8, 4) is 0 Å². The van der Waals surface area contributed by atoms with Gasteiger partial charge >= 0.3 is 0 Å². The van der Waals surface area contributed by atoms with Crippen LogP contribution in [-0.2, 0) is 0 Å². The summed E-state index contributed by atoms with van der Waals surface area (Å²) in [5, 5.41) is 3.07. The third kappa shape index (κ3) is 18.7. The van der Waals surface area contributed by atoms with Gasteiger partial charge < -0.3 is 5.32 Å². The van der Waals surface area contributed by atoms with Crippen LogP contribution < -0.4 is 5.32 Å². The van der Waals surface area contributed by atoms with Crippen molar-refractivity contribution >= 4 is 0 Å². The molecule has 1 heteroatoms. The van der Waals surface area contributed by atoms with Gasteiger partial charge in [0.05, 0.1) is 0 Å². The van der Waals surface area contributed by atoms with Crippen molar-refractivity contribution in [2.75, 3.05) is 13.6 Å². The summed E-state index contributed by atoms with van der Waals surface area (Å²) in [4.78, 5) is 0. The summed E-state index contributed by atoms with van der Waals surface area (Å²) in [7, 11) is 1.97. The first kappa shape index (κ1) is 15.4. The molecule has 1 rings (SSSR count). The Labute approximate surface area is 85.3 Å². The van der Waals surface area contributed by atoms with Gasteiger partial charge in [-0.2, -0.15) is 0 Å². The summed E-state index contributed by atoms with van der Waals surface area (Å²) >= 11 is 0. The second kappa shape index (κ2) is 14.5. The molecule has 1 nitrogen and oxygen atoms in total. The van der Waals surface area contributed by atoms with Gasteiger partial charge in [-0.05, 0) is 19.5 Å². The molecular formula is C12H29N. The van der Waals surface area contributed by atoms with Crippen LogP contribution in [0.3, 0.4) is 0 Å². The van der Waals surface area contributed by atoms with E-state index in [-0.39, 0.29) is 0 Å². The SMILES string of the molecule is C1CCCC1.CC.CNCC(C)C. The summed E-state index contributed by atoms with van der Waals surface area (Å²) in [6.07, 6.45) is 7.50. The summed E-state index contributed by atoms with van der Waals surface area (Å²) in [6, 6.07) is 0. The average Bonchev–Trinajstić information content (AvgIpc) is 2.64. The minimum absolute atomic E-state index is 0.787. The lowest BCUT2D eigenvalue weighted by Gasteiger charge is -1.98. The molecule has 1 N–H and O–H groups in total. The fraction of sp³-hybridized carbons (Fsp3) is 1.00. The van der Waals surface area contributed by atoms with E-state index in [9.17, 15) is 0 Å². The molecule has 0 aromatic heterocycles. The van der Waals surface area contributed by atoms with E-state index in [4.69, 9.17) is 0 Å². The maximum Gasteiger partial charge on any atom is -0.00288 e. The van der Waals surface area contributed by atoms with Gasteiger partial charge in [-0.25, -0.2) is 0 Å². The Bertz CT molecular complexity index is 57.9. The fourth-order valence-electron chi connectivity index (χ4n) is 1.29. The predicted molar refractivity (Wildman–Crippen MR) is 63.2 cm³/mol. The van der Waals surface area contributed by atoms with Gasteiger partial charge in [0.1, 0.15) is 0 Å². The van der Waals surface area contributed by atoms with E-state index in [1.54, 1.807) is 0 Å². The van der Waals surface area contributed by atoms with Crippen LogP contribution in [0.25, 0.3) is 0 Å². The lowest BCUT2D eigenvalue weighted by molar-refractivity contribution is 0.595. The number of hydrogen-bond donors (Lipinski definition) is 1. The first-order chi connectivity index (χ1) is 6.27. The van der Waals surface area contributed by atoms with Crippen LogP contribution in [0.2, 0.25) is 0 Å². The standard InChI is InChI=1S/C5H13N.C5H10.C2H6/c1-5(2)4-6-3;1-2-4-5-3-1;1-2/h5-6H,4H2,1-3H3;1-5H2;1-2H3. The Morgan fingerprint density at radius 1 is 0.923 bits per heavy atom. The van der Waals surface area contributed by atoms with Crippen LogP contribution in [0, 0.1) is 5.92 Å². The van der Waals surface area contributed by atoms with E-state index in [2.05, 4.69) is 19.2 Å². The monoisotopic (exact) mass is 187 g/mol. The lowest BCUT2D eigenvalue weighted by atomic mass is 10.2. The molecule has 0 aromatic carbocycles. The van der Waals surface area contributed by atoms with E-state index in [1.165, 1.54) is 32.1 Å². The molecule has 0 radical (unpaired) electrons.